The third-order valence-corrected chi connectivity index (χ3v) is 3.21. The van der Waals surface area contributed by atoms with Crippen LogP contribution in [0, 0.1) is 0 Å². The van der Waals surface area contributed by atoms with Gasteiger partial charge in [0.05, 0.1) is 7.11 Å². The topological polar surface area (TPSA) is 46.5 Å². The van der Waals surface area contributed by atoms with Crippen LogP contribution in [0.1, 0.15) is 31.9 Å². The maximum absolute atomic E-state index is 11.4. The highest BCUT2D eigenvalue weighted by molar-refractivity contribution is 5.76. The predicted octanol–water partition coefficient (Wildman–Crippen LogP) is 2.06. The van der Waals surface area contributed by atoms with Crippen LogP contribution >= 0.6 is 0 Å². The monoisotopic (exact) mass is 236 g/mol. The highest BCUT2D eigenvalue weighted by Gasteiger charge is 2.35. The molecule has 0 amide bonds. The Balaban J connectivity index is 2.99. The molecule has 0 aliphatic heterocycles. The zero-order valence-corrected chi connectivity index (χ0v) is 10.9. The number of aliphatic hydroxyl groups excluding tert-OH is 1. The lowest BCUT2D eigenvalue weighted by molar-refractivity contribution is -0.153. The average molecular weight is 236 g/mol. The molecular formula is C14H20O3. The van der Waals surface area contributed by atoms with Crippen LogP contribution in [-0.4, -0.2) is 24.3 Å². The Labute approximate surface area is 102 Å². The summed E-state index contributed by atoms with van der Waals surface area (Å²) in [6, 6.07) is 7.93. The minimum absolute atomic E-state index is 0.602. The first-order chi connectivity index (χ1) is 7.93. The fraction of sp³-hybridized carbons (Fsp3) is 0.500. The molecule has 0 aliphatic rings. The molecule has 1 atom stereocenters. The number of rotatable bonds is 4. The quantitative estimate of drug-likeness (QED) is 0.814. The molecule has 0 radical (unpaired) electrons. The Hall–Kier alpha value is -1.35. The summed E-state index contributed by atoms with van der Waals surface area (Å²) in [6.45, 7) is 5.74. The second-order valence-corrected chi connectivity index (χ2v) is 4.70. The molecule has 0 fully saturated rings. The zero-order chi connectivity index (χ0) is 13.1. The van der Waals surface area contributed by atoms with E-state index >= 15 is 0 Å². The molecule has 0 aromatic heterocycles. The zero-order valence-electron chi connectivity index (χ0n) is 10.9. The van der Waals surface area contributed by atoms with Gasteiger partial charge in [-0.15, -0.1) is 0 Å². The molecule has 1 rings (SSSR count). The normalized spacial score (nSPS) is 13.2. The first-order valence-corrected chi connectivity index (χ1v) is 5.78. The summed E-state index contributed by atoms with van der Waals surface area (Å²) in [5.41, 5.74) is 1.50. The van der Waals surface area contributed by atoms with E-state index in [-0.39, 0.29) is 0 Å². The highest BCUT2D eigenvalue weighted by Crippen LogP contribution is 2.28. The molecule has 0 spiro atoms. The third-order valence-electron chi connectivity index (χ3n) is 3.21. The van der Waals surface area contributed by atoms with Crippen molar-refractivity contribution in [1.29, 1.82) is 0 Å². The van der Waals surface area contributed by atoms with E-state index in [4.69, 9.17) is 0 Å². The molecular weight excluding hydrogens is 216 g/mol. The molecule has 1 unspecified atom stereocenters. The number of carbonyl (C=O) groups excluding carboxylic acids is 1. The van der Waals surface area contributed by atoms with Crippen LogP contribution < -0.4 is 0 Å². The molecule has 0 aliphatic carbocycles. The first kappa shape index (κ1) is 13.7. The minimum Gasteiger partial charge on any atom is -0.467 e. The van der Waals surface area contributed by atoms with Crippen LogP contribution in [0.4, 0.5) is 0 Å². The lowest BCUT2D eigenvalue weighted by Gasteiger charge is -2.29. The largest absolute Gasteiger partial charge is 0.467 e. The molecule has 94 valence electrons. The summed E-state index contributed by atoms with van der Waals surface area (Å²) < 4.78 is 4.58. The summed E-state index contributed by atoms with van der Waals surface area (Å²) >= 11 is 0. The average Bonchev–Trinajstić information content (AvgIpc) is 2.36. The van der Waals surface area contributed by atoms with Gasteiger partial charge in [-0.3, -0.25) is 0 Å². The maximum Gasteiger partial charge on any atom is 0.335 e. The summed E-state index contributed by atoms with van der Waals surface area (Å²) in [5.74, 6) is -0.602. The van der Waals surface area contributed by atoms with Gasteiger partial charge in [0.15, 0.2) is 6.10 Å². The van der Waals surface area contributed by atoms with Crippen LogP contribution in [0.2, 0.25) is 0 Å². The number of benzene rings is 1. The van der Waals surface area contributed by atoms with E-state index in [1.165, 1.54) is 12.7 Å². The third kappa shape index (κ3) is 2.86. The van der Waals surface area contributed by atoms with Crippen LogP contribution in [0.25, 0.3) is 0 Å². The van der Waals surface area contributed by atoms with E-state index in [2.05, 4.69) is 11.7 Å². The summed E-state index contributed by atoms with van der Waals surface area (Å²) in [4.78, 5) is 11.4. The number of hydrogen-bond donors (Lipinski definition) is 1. The Bertz CT molecular complexity index is 379. The van der Waals surface area contributed by atoms with E-state index in [0.717, 1.165) is 12.0 Å². The molecule has 17 heavy (non-hydrogen) atoms. The van der Waals surface area contributed by atoms with Crippen molar-refractivity contribution in [3.05, 3.63) is 35.4 Å². The van der Waals surface area contributed by atoms with Crippen LogP contribution in [-0.2, 0) is 21.4 Å². The number of aryl methyl sites for hydroxylation is 1. The number of esters is 1. The summed E-state index contributed by atoms with van der Waals surface area (Å²) in [7, 11) is 1.28. The summed E-state index contributed by atoms with van der Waals surface area (Å²) in [6.07, 6.45) is -0.180. The van der Waals surface area contributed by atoms with E-state index in [1.807, 2.05) is 38.1 Å². The molecule has 3 heteroatoms. The number of carbonyl (C=O) groups is 1. The van der Waals surface area contributed by atoms with Crippen molar-refractivity contribution in [2.24, 2.45) is 0 Å². The van der Waals surface area contributed by atoms with Gasteiger partial charge in [0.25, 0.3) is 0 Å². The second kappa shape index (κ2) is 5.32. The van der Waals surface area contributed by atoms with E-state index in [9.17, 15) is 9.90 Å². The van der Waals surface area contributed by atoms with Gasteiger partial charge in [0, 0.05) is 5.41 Å². The van der Waals surface area contributed by atoms with E-state index in [1.54, 1.807) is 0 Å². The Morgan fingerprint density at radius 3 is 2.29 bits per heavy atom. The van der Waals surface area contributed by atoms with Crippen molar-refractivity contribution in [3.63, 3.8) is 0 Å². The van der Waals surface area contributed by atoms with Crippen LogP contribution in [0.3, 0.4) is 0 Å². The van der Waals surface area contributed by atoms with Crippen LogP contribution in [0.15, 0.2) is 24.3 Å². The van der Waals surface area contributed by atoms with Gasteiger partial charge in [0.1, 0.15) is 0 Å². The van der Waals surface area contributed by atoms with Crippen molar-refractivity contribution in [3.8, 4) is 0 Å². The number of aliphatic hydroxyl groups is 1. The van der Waals surface area contributed by atoms with Gasteiger partial charge >= 0.3 is 5.97 Å². The fourth-order valence-electron chi connectivity index (χ4n) is 1.73. The Morgan fingerprint density at radius 2 is 1.88 bits per heavy atom. The van der Waals surface area contributed by atoms with Crippen molar-refractivity contribution < 1.29 is 14.6 Å². The van der Waals surface area contributed by atoms with Crippen molar-refractivity contribution in [1.82, 2.24) is 0 Å². The Morgan fingerprint density at radius 1 is 1.35 bits per heavy atom. The van der Waals surface area contributed by atoms with E-state index < -0.39 is 17.5 Å². The second-order valence-electron chi connectivity index (χ2n) is 4.70. The number of ether oxygens (including phenoxy) is 1. The smallest absolute Gasteiger partial charge is 0.335 e. The van der Waals surface area contributed by atoms with Gasteiger partial charge in [-0.25, -0.2) is 4.79 Å². The molecule has 3 nitrogen and oxygen atoms in total. The molecule has 0 saturated heterocycles. The van der Waals surface area contributed by atoms with Crippen molar-refractivity contribution in [2.75, 3.05) is 7.11 Å². The van der Waals surface area contributed by atoms with E-state index in [0.29, 0.717) is 0 Å². The Kier molecular flexibility index (Phi) is 4.29. The number of hydrogen-bond acceptors (Lipinski definition) is 3. The fourth-order valence-corrected chi connectivity index (χ4v) is 1.73. The molecule has 1 aromatic rings. The first-order valence-electron chi connectivity index (χ1n) is 5.78. The van der Waals surface area contributed by atoms with Gasteiger partial charge in [-0.2, -0.15) is 0 Å². The van der Waals surface area contributed by atoms with Gasteiger partial charge in [-0.1, -0.05) is 45.0 Å². The molecule has 0 saturated carbocycles. The van der Waals surface area contributed by atoms with Gasteiger partial charge < -0.3 is 9.84 Å². The van der Waals surface area contributed by atoms with Crippen LogP contribution in [0.5, 0.6) is 0 Å². The lowest BCUT2D eigenvalue weighted by atomic mass is 9.79. The standard InChI is InChI=1S/C14H20O3/c1-5-10-6-8-11(9-7-10)14(2,3)12(15)13(16)17-4/h6-9,12,15H,5H2,1-4H3. The molecule has 0 heterocycles. The summed E-state index contributed by atoms with van der Waals surface area (Å²) in [5, 5.41) is 9.95. The highest BCUT2D eigenvalue weighted by atomic mass is 16.5. The molecule has 1 N–H and O–H groups in total. The SMILES string of the molecule is CCc1ccc(C(C)(C)C(O)C(=O)OC)cc1. The van der Waals surface area contributed by atoms with Crippen molar-refractivity contribution in [2.45, 2.75) is 38.7 Å². The molecule has 0 bridgehead atoms. The minimum atomic E-state index is -1.15. The van der Waals surface area contributed by atoms with Crippen molar-refractivity contribution >= 4 is 5.97 Å². The maximum atomic E-state index is 11.4. The van der Waals surface area contributed by atoms with Gasteiger partial charge in [0.2, 0.25) is 0 Å². The molecule has 1 aromatic carbocycles. The lowest BCUT2D eigenvalue weighted by Crippen LogP contribution is -2.40. The number of methoxy groups -OCH3 is 1. The predicted molar refractivity (Wildman–Crippen MR) is 66.9 cm³/mol. The van der Waals surface area contributed by atoms with Gasteiger partial charge in [-0.05, 0) is 17.5 Å².